The maximum absolute atomic E-state index is 13.4. The largest absolute Gasteiger partial charge is 0.480 e. The molecular weight excluding hydrogens is 522 g/mol. The average molecular weight is 548 g/mol. The highest BCUT2D eigenvalue weighted by atomic mass is 35.5. The van der Waals surface area contributed by atoms with Gasteiger partial charge in [0.15, 0.2) is 0 Å². The molecule has 2 aliphatic rings. The molecule has 2 aromatic carbocycles. The van der Waals surface area contributed by atoms with Gasteiger partial charge in [0.1, 0.15) is 12.6 Å². The van der Waals surface area contributed by atoms with Gasteiger partial charge in [-0.1, -0.05) is 24.3 Å². The molecule has 2 N–H and O–H groups in total. The van der Waals surface area contributed by atoms with Crippen molar-refractivity contribution in [2.75, 3.05) is 30.3 Å². The van der Waals surface area contributed by atoms with E-state index in [1.807, 2.05) is 0 Å². The van der Waals surface area contributed by atoms with Gasteiger partial charge in [-0.2, -0.15) is 0 Å². The van der Waals surface area contributed by atoms with Gasteiger partial charge in [0.2, 0.25) is 5.91 Å². The first kappa shape index (κ1) is 28.2. The minimum Gasteiger partial charge on any atom is -0.480 e. The number of imide groups is 1. The lowest BCUT2D eigenvalue weighted by molar-refractivity contribution is -0.146. The third kappa shape index (κ3) is 5.95. The SMILES string of the molecule is CCOC(=O)[C@H](CCN1C(=O)c2ccccc2C1=O)N[C@H]1CSc2ccccc2N(CC(=O)O)C1=O.Cl. The fourth-order valence-electron chi connectivity index (χ4n) is 4.23. The monoisotopic (exact) mass is 547 g/mol. The minimum absolute atomic E-state index is 0. The summed E-state index contributed by atoms with van der Waals surface area (Å²) in [5, 5.41) is 12.4. The topological polar surface area (TPSA) is 133 Å². The molecule has 196 valence electrons. The van der Waals surface area contributed by atoms with Crippen molar-refractivity contribution in [3.05, 3.63) is 59.7 Å². The zero-order valence-corrected chi connectivity index (χ0v) is 21.5. The standard InChI is InChI=1S/C25H25N3O7S.ClH/c1-2-35-25(34)17(11-12-27-22(31)15-7-3-4-8-16(15)23(27)32)26-18-14-36-20-10-6-5-9-19(20)28(24(18)33)13-21(29)30;/h3-10,17-18,26H,2,11-14H2,1H3,(H,29,30);1H/t17-,18-;/m0./s1. The van der Waals surface area contributed by atoms with Crippen LogP contribution in [0.15, 0.2) is 53.4 Å². The molecule has 0 saturated heterocycles. The molecule has 37 heavy (non-hydrogen) atoms. The van der Waals surface area contributed by atoms with Gasteiger partial charge < -0.3 is 9.84 Å². The molecule has 2 heterocycles. The van der Waals surface area contributed by atoms with Gasteiger partial charge in [-0.15, -0.1) is 24.2 Å². The van der Waals surface area contributed by atoms with Crippen molar-refractivity contribution < 1.29 is 33.8 Å². The van der Waals surface area contributed by atoms with Crippen LogP contribution in [0, 0.1) is 0 Å². The summed E-state index contributed by atoms with van der Waals surface area (Å²) in [6, 6.07) is 11.6. The van der Waals surface area contributed by atoms with Crippen molar-refractivity contribution in [2.45, 2.75) is 30.3 Å². The van der Waals surface area contributed by atoms with Crippen LogP contribution < -0.4 is 10.2 Å². The third-order valence-electron chi connectivity index (χ3n) is 5.91. The van der Waals surface area contributed by atoms with Crippen LogP contribution in [0.4, 0.5) is 5.69 Å². The van der Waals surface area contributed by atoms with Crippen LogP contribution >= 0.6 is 24.2 Å². The summed E-state index contributed by atoms with van der Waals surface area (Å²) >= 11 is 1.37. The van der Waals surface area contributed by atoms with E-state index in [1.165, 1.54) is 16.7 Å². The number of carboxylic acids is 1. The Morgan fingerprint density at radius 1 is 1.05 bits per heavy atom. The molecule has 0 unspecified atom stereocenters. The fourth-order valence-corrected chi connectivity index (χ4v) is 5.31. The summed E-state index contributed by atoms with van der Waals surface area (Å²) in [6.07, 6.45) is 0.0185. The number of carbonyl (C=O) groups excluding carboxylic acids is 4. The van der Waals surface area contributed by atoms with Crippen molar-refractivity contribution in [1.29, 1.82) is 0 Å². The summed E-state index contributed by atoms with van der Waals surface area (Å²) in [5.41, 5.74) is 1.10. The molecule has 0 fully saturated rings. The lowest BCUT2D eigenvalue weighted by atomic mass is 10.1. The third-order valence-corrected chi connectivity index (χ3v) is 7.07. The van der Waals surface area contributed by atoms with E-state index in [4.69, 9.17) is 4.74 Å². The molecule has 0 saturated carbocycles. The second-order valence-electron chi connectivity index (χ2n) is 8.22. The van der Waals surface area contributed by atoms with E-state index in [-0.39, 0.29) is 37.7 Å². The number of thioether (sulfide) groups is 1. The summed E-state index contributed by atoms with van der Waals surface area (Å²) < 4.78 is 5.18. The number of hydrogen-bond acceptors (Lipinski definition) is 8. The van der Waals surface area contributed by atoms with Gasteiger partial charge in [0, 0.05) is 17.2 Å². The predicted octanol–water partition coefficient (Wildman–Crippen LogP) is 2.21. The second-order valence-corrected chi connectivity index (χ2v) is 9.28. The molecule has 0 spiro atoms. The highest BCUT2D eigenvalue weighted by Crippen LogP contribution is 2.34. The van der Waals surface area contributed by atoms with E-state index in [0.717, 1.165) is 9.80 Å². The Bertz CT molecular complexity index is 1190. The Hall–Kier alpha value is -3.41. The number of para-hydroxylation sites is 1. The molecule has 4 rings (SSSR count). The van der Waals surface area contributed by atoms with E-state index in [2.05, 4.69) is 5.32 Å². The minimum atomic E-state index is -1.17. The summed E-state index contributed by atoms with van der Waals surface area (Å²) in [4.78, 5) is 66.1. The van der Waals surface area contributed by atoms with Gasteiger partial charge in [0.25, 0.3) is 11.8 Å². The van der Waals surface area contributed by atoms with Crippen molar-refractivity contribution in [3.8, 4) is 0 Å². The van der Waals surface area contributed by atoms with Crippen molar-refractivity contribution in [2.24, 2.45) is 0 Å². The number of nitrogens with one attached hydrogen (secondary N) is 1. The average Bonchev–Trinajstić information content (AvgIpc) is 3.03. The number of anilines is 1. The summed E-state index contributed by atoms with van der Waals surface area (Å²) in [5.74, 6) is -2.93. The molecule has 10 nitrogen and oxygen atoms in total. The van der Waals surface area contributed by atoms with Crippen LogP contribution in [0.1, 0.15) is 34.1 Å². The number of rotatable bonds is 9. The van der Waals surface area contributed by atoms with Gasteiger partial charge in [-0.25, -0.2) is 0 Å². The van der Waals surface area contributed by atoms with Crippen LogP contribution in [0.2, 0.25) is 0 Å². The Labute approximate surface area is 223 Å². The molecule has 12 heteroatoms. The van der Waals surface area contributed by atoms with E-state index in [9.17, 15) is 29.1 Å². The van der Waals surface area contributed by atoms with Crippen LogP contribution in [0.5, 0.6) is 0 Å². The zero-order valence-electron chi connectivity index (χ0n) is 19.9. The number of benzene rings is 2. The Balaban J connectivity index is 0.00000380. The number of amides is 3. The summed E-state index contributed by atoms with van der Waals surface area (Å²) in [6.45, 7) is 1.16. The number of carboxylic acid groups (broad SMARTS) is 1. The number of esters is 1. The number of carbonyl (C=O) groups is 5. The van der Waals surface area contributed by atoms with E-state index >= 15 is 0 Å². The van der Waals surface area contributed by atoms with E-state index < -0.39 is 48.3 Å². The molecular formula is C25H26ClN3O7S. The first-order valence-corrected chi connectivity index (χ1v) is 12.4. The van der Waals surface area contributed by atoms with Gasteiger partial charge in [-0.3, -0.25) is 39.1 Å². The maximum atomic E-state index is 13.4. The molecule has 2 aromatic rings. The van der Waals surface area contributed by atoms with Gasteiger partial charge in [-0.05, 0) is 37.6 Å². The predicted molar refractivity (Wildman–Crippen MR) is 138 cm³/mol. The highest BCUT2D eigenvalue weighted by Gasteiger charge is 2.38. The quantitative estimate of drug-likeness (QED) is 0.358. The number of ether oxygens (including phenoxy) is 1. The van der Waals surface area contributed by atoms with Crippen molar-refractivity contribution >= 4 is 59.5 Å². The first-order chi connectivity index (χ1) is 17.3. The number of aliphatic carboxylic acids is 1. The van der Waals surface area contributed by atoms with E-state index in [0.29, 0.717) is 16.8 Å². The maximum Gasteiger partial charge on any atom is 0.323 e. The van der Waals surface area contributed by atoms with Gasteiger partial charge >= 0.3 is 11.9 Å². The summed E-state index contributed by atoms with van der Waals surface area (Å²) in [7, 11) is 0. The number of fused-ring (bicyclic) bond motifs is 2. The smallest absolute Gasteiger partial charge is 0.323 e. The Kier molecular flexibility index (Phi) is 9.30. The molecule has 0 aliphatic carbocycles. The fraction of sp³-hybridized carbons (Fsp3) is 0.320. The Morgan fingerprint density at radius 3 is 2.30 bits per heavy atom. The molecule has 0 aromatic heterocycles. The van der Waals surface area contributed by atoms with Crippen LogP contribution in [0.25, 0.3) is 0 Å². The van der Waals surface area contributed by atoms with Crippen LogP contribution in [-0.4, -0.2) is 77.2 Å². The molecule has 2 aliphatic heterocycles. The first-order valence-electron chi connectivity index (χ1n) is 11.4. The molecule has 0 bridgehead atoms. The number of nitrogens with zero attached hydrogens (tertiary/aromatic N) is 2. The highest BCUT2D eigenvalue weighted by molar-refractivity contribution is 7.99. The zero-order chi connectivity index (χ0) is 25.8. The second kappa shape index (κ2) is 12.2. The van der Waals surface area contributed by atoms with E-state index in [1.54, 1.807) is 55.5 Å². The number of halogens is 1. The molecule has 0 radical (unpaired) electrons. The lowest BCUT2D eigenvalue weighted by Crippen LogP contribution is -2.54. The van der Waals surface area contributed by atoms with Crippen LogP contribution in [0.3, 0.4) is 0 Å². The lowest BCUT2D eigenvalue weighted by Gasteiger charge is -2.27. The Morgan fingerprint density at radius 2 is 1.68 bits per heavy atom. The normalized spacial score (nSPS) is 17.4. The molecule has 3 amide bonds. The van der Waals surface area contributed by atoms with Crippen molar-refractivity contribution in [1.82, 2.24) is 10.2 Å². The number of hydrogen-bond donors (Lipinski definition) is 2. The molecule has 2 atom stereocenters. The van der Waals surface area contributed by atoms with Gasteiger partial charge in [0.05, 0.1) is 29.5 Å². The van der Waals surface area contributed by atoms with Crippen LogP contribution in [-0.2, 0) is 19.1 Å². The van der Waals surface area contributed by atoms with Crippen molar-refractivity contribution in [3.63, 3.8) is 0 Å².